The number of unbranched alkanes of at least 4 members (excludes halogenated alkanes) is 1. The molecule has 21 heavy (non-hydrogen) atoms. The van der Waals surface area contributed by atoms with E-state index in [-0.39, 0.29) is 17.5 Å². The molecule has 0 fully saturated rings. The third-order valence-corrected chi connectivity index (χ3v) is 3.42. The Labute approximate surface area is 132 Å². The summed E-state index contributed by atoms with van der Waals surface area (Å²) in [5.41, 5.74) is 0.283. The lowest BCUT2D eigenvalue weighted by atomic mass is 9.89. The van der Waals surface area contributed by atoms with Crippen molar-refractivity contribution in [2.75, 3.05) is 13.2 Å². The van der Waals surface area contributed by atoms with E-state index in [0.717, 1.165) is 12.8 Å². The molecule has 0 saturated carbocycles. The smallest absolute Gasteiger partial charge is 0.338 e. The first-order valence-corrected chi connectivity index (χ1v) is 7.76. The summed E-state index contributed by atoms with van der Waals surface area (Å²) >= 11 is 5.90. The molecule has 1 aromatic carbocycles. The van der Waals surface area contributed by atoms with Gasteiger partial charge in [-0.3, -0.25) is 0 Å². The molecule has 0 heterocycles. The van der Waals surface area contributed by atoms with E-state index in [0.29, 0.717) is 23.8 Å². The number of hydrogen-bond donors (Lipinski definition) is 0. The lowest BCUT2D eigenvalue weighted by molar-refractivity contribution is -0.0451. The molecule has 1 rings (SSSR count). The molecule has 1 aromatic rings. The minimum Gasteiger partial charge on any atom is -0.456 e. The van der Waals surface area contributed by atoms with Crippen molar-refractivity contribution in [1.82, 2.24) is 0 Å². The van der Waals surface area contributed by atoms with Crippen LogP contribution in [-0.4, -0.2) is 25.3 Å². The molecule has 0 aliphatic rings. The lowest BCUT2D eigenvalue weighted by Gasteiger charge is -2.30. The predicted octanol–water partition coefficient (Wildman–Crippen LogP) is 4.73. The average Bonchev–Trinajstić information content (AvgIpc) is 2.40. The molecule has 4 heteroatoms. The van der Waals surface area contributed by atoms with Crippen LogP contribution in [0.3, 0.4) is 0 Å². The number of halogens is 1. The van der Waals surface area contributed by atoms with Crippen molar-refractivity contribution in [3.05, 3.63) is 34.9 Å². The second-order valence-corrected chi connectivity index (χ2v) is 6.64. The van der Waals surface area contributed by atoms with E-state index < -0.39 is 0 Å². The topological polar surface area (TPSA) is 35.5 Å². The average molecular weight is 313 g/mol. The van der Waals surface area contributed by atoms with Crippen molar-refractivity contribution in [1.29, 1.82) is 0 Å². The van der Waals surface area contributed by atoms with Gasteiger partial charge in [0.15, 0.2) is 0 Å². The fourth-order valence-electron chi connectivity index (χ4n) is 1.71. The van der Waals surface area contributed by atoms with Crippen LogP contribution in [-0.2, 0) is 9.47 Å². The van der Waals surface area contributed by atoms with Crippen LogP contribution in [0.4, 0.5) is 0 Å². The van der Waals surface area contributed by atoms with Gasteiger partial charge in [-0.05, 0) is 24.6 Å². The molecule has 0 aromatic heterocycles. The highest BCUT2D eigenvalue weighted by Gasteiger charge is 2.29. The van der Waals surface area contributed by atoms with Crippen molar-refractivity contribution in [2.45, 2.75) is 46.6 Å². The van der Waals surface area contributed by atoms with E-state index in [4.69, 9.17) is 21.1 Å². The Morgan fingerprint density at radius 1 is 1.33 bits per heavy atom. The van der Waals surface area contributed by atoms with Gasteiger partial charge < -0.3 is 9.47 Å². The standard InChI is InChI=1S/C17H25ClO3/c1-5-6-10-20-12-15(17(2,3)4)21-16(19)13-8-7-9-14(18)11-13/h7-9,11,15H,5-6,10,12H2,1-4H3. The first kappa shape index (κ1) is 18.0. The van der Waals surface area contributed by atoms with Crippen molar-refractivity contribution in [2.24, 2.45) is 5.41 Å². The van der Waals surface area contributed by atoms with Crippen molar-refractivity contribution < 1.29 is 14.3 Å². The fourth-order valence-corrected chi connectivity index (χ4v) is 1.90. The van der Waals surface area contributed by atoms with Gasteiger partial charge in [-0.15, -0.1) is 0 Å². The van der Waals surface area contributed by atoms with E-state index >= 15 is 0 Å². The maximum Gasteiger partial charge on any atom is 0.338 e. The van der Waals surface area contributed by atoms with Crippen LogP contribution in [0.25, 0.3) is 0 Å². The highest BCUT2D eigenvalue weighted by atomic mass is 35.5. The van der Waals surface area contributed by atoms with Crippen LogP contribution >= 0.6 is 11.6 Å². The second kappa shape index (κ2) is 8.40. The summed E-state index contributed by atoms with van der Waals surface area (Å²) in [5, 5.41) is 0.524. The van der Waals surface area contributed by atoms with Crippen molar-refractivity contribution in [3.8, 4) is 0 Å². The number of ether oxygens (including phenoxy) is 2. The Morgan fingerprint density at radius 3 is 2.62 bits per heavy atom. The molecule has 1 unspecified atom stereocenters. The number of carbonyl (C=O) groups is 1. The molecule has 0 spiro atoms. The fraction of sp³-hybridized carbons (Fsp3) is 0.588. The second-order valence-electron chi connectivity index (χ2n) is 6.20. The van der Waals surface area contributed by atoms with Gasteiger partial charge in [-0.1, -0.05) is 51.8 Å². The number of benzene rings is 1. The van der Waals surface area contributed by atoms with Gasteiger partial charge >= 0.3 is 5.97 Å². The van der Waals surface area contributed by atoms with Gasteiger partial charge in [0.25, 0.3) is 0 Å². The zero-order chi connectivity index (χ0) is 15.9. The predicted molar refractivity (Wildman–Crippen MR) is 85.8 cm³/mol. The van der Waals surface area contributed by atoms with E-state index in [9.17, 15) is 4.79 Å². The summed E-state index contributed by atoms with van der Waals surface area (Å²) in [6, 6.07) is 6.78. The Morgan fingerprint density at radius 2 is 2.05 bits per heavy atom. The normalized spacial score (nSPS) is 13.0. The van der Waals surface area contributed by atoms with E-state index in [2.05, 4.69) is 6.92 Å². The Bertz CT molecular complexity index is 452. The molecule has 0 aliphatic heterocycles. The number of hydrogen-bond acceptors (Lipinski definition) is 3. The summed E-state index contributed by atoms with van der Waals surface area (Å²) in [7, 11) is 0. The van der Waals surface area contributed by atoms with Crippen LogP contribution in [0.5, 0.6) is 0 Å². The Hall–Kier alpha value is -1.06. The summed E-state index contributed by atoms with van der Waals surface area (Å²) in [6.07, 6.45) is 1.81. The van der Waals surface area contributed by atoms with Gasteiger partial charge in [0.1, 0.15) is 6.10 Å². The molecule has 118 valence electrons. The summed E-state index contributed by atoms with van der Waals surface area (Å²) in [5.74, 6) is -0.364. The zero-order valence-electron chi connectivity index (χ0n) is 13.3. The monoisotopic (exact) mass is 312 g/mol. The van der Waals surface area contributed by atoms with Crippen LogP contribution in [0.15, 0.2) is 24.3 Å². The van der Waals surface area contributed by atoms with Crippen LogP contribution in [0.1, 0.15) is 50.9 Å². The van der Waals surface area contributed by atoms with Gasteiger partial charge in [-0.2, -0.15) is 0 Å². The highest BCUT2D eigenvalue weighted by molar-refractivity contribution is 6.30. The Balaban J connectivity index is 2.65. The van der Waals surface area contributed by atoms with Gasteiger partial charge in [0, 0.05) is 17.0 Å². The molecular weight excluding hydrogens is 288 g/mol. The summed E-state index contributed by atoms with van der Waals surface area (Å²) in [4.78, 5) is 12.2. The summed E-state index contributed by atoms with van der Waals surface area (Å²) < 4.78 is 11.2. The van der Waals surface area contributed by atoms with Crippen LogP contribution in [0, 0.1) is 5.41 Å². The van der Waals surface area contributed by atoms with Gasteiger partial charge in [0.2, 0.25) is 0 Å². The number of rotatable bonds is 7. The van der Waals surface area contributed by atoms with Crippen LogP contribution < -0.4 is 0 Å². The van der Waals surface area contributed by atoms with Crippen molar-refractivity contribution >= 4 is 17.6 Å². The van der Waals surface area contributed by atoms with Crippen LogP contribution in [0.2, 0.25) is 5.02 Å². The molecule has 3 nitrogen and oxygen atoms in total. The molecule has 0 amide bonds. The van der Waals surface area contributed by atoms with E-state index in [1.165, 1.54) is 0 Å². The first-order chi connectivity index (χ1) is 9.84. The minimum absolute atomic E-state index is 0.180. The minimum atomic E-state index is -0.364. The molecule has 1 atom stereocenters. The maximum absolute atomic E-state index is 12.2. The molecule has 0 bridgehead atoms. The van der Waals surface area contributed by atoms with Gasteiger partial charge in [0.05, 0.1) is 12.2 Å². The highest BCUT2D eigenvalue weighted by Crippen LogP contribution is 2.24. The van der Waals surface area contributed by atoms with E-state index in [1.807, 2.05) is 20.8 Å². The quantitative estimate of drug-likeness (QED) is 0.539. The molecule has 0 saturated heterocycles. The Kier molecular flexibility index (Phi) is 7.20. The molecule has 0 radical (unpaired) electrons. The third kappa shape index (κ3) is 6.49. The number of esters is 1. The zero-order valence-corrected chi connectivity index (χ0v) is 14.1. The van der Waals surface area contributed by atoms with E-state index in [1.54, 1.807) is 24.3 Å². The van der Waals surface area contributed by atoms with Gasteiger partial charge in [-0.25, -0.2) is 4.79 Å². The maximum atomic E-state index is 12.2. The first-order valence-electron chi connectivity index (χ1n) is 7.39. The molecular formula is C17H25ClO3. The molecule has 0 aliphatic carbocycles. The third-order valence-electron chi connectivity index (χ3n) is 3.19. The molecule has 0 N–H and O–H groups in total. The van der Waals surface area contributed by atoms with Crippen molar-refractivity contribution in [3.63, 3.8) is 0 Å². The largest absolute Gasteiger partial charge is 0.456 e. The lowest BCUT2D eigenvalue weighted by Crippen LogP contribution is -2.36. The number of carbonyl (C=O) groups excluding carboxylic acids is 1. The SMILES string of the molecule is CCCCOCC(OC(=O)c1cccc(Cl)c1)C(C)(C)C. The summed E-state index contributed by atoms with van der Waals surface area (Å²) in [6.45, 7) is 9.32.